The number of amides is 1. The van der Waals surface area contributed by atoms with Crippen molar-refractivity contribution in [1.29, 1.82) is 0 Å². The van der Waals surface area contributed by atoms with Gasteiger partial charge in [-0.3, -0.25) is 4.79 Å². The normalized spacial score (nSPS) is 13.7. The van der Waals surface area contributed by atoms with E-state index in [-0.39, 0.29) is 5.91 Å². The number of carbonyl (C=O) groups excluding carboxylic acids is 1. The zero-order chi connectivity index (χ0) is 22.1. The Kier molecular flexibility index (Phi) is 5.54. The van der Waals surface area contributed by atoms with Gasteiger partial charge < -0.3 is 14.4 Å². The molecule has 1 amide bonds. The highest BCUT2D eigenvalue weighted by atomic mass is 16.2. The average molecular weight is 425 g/mol. The minimum absolute atomic E-state index is 0.218. The summed E-state index contributed by atoms with van der Waals surface area (Å²) in [6.07, 6.45) is 1.50. The van der Waals surface area contributed by atoms with Crippen LogP contribution in [0, 0.1) is 0 Å². The van der Waals surface area contributed by atoms with E-state index in [4.69, 9.17) is 0 Å². The topological polar surface area (TPSA) is 29.7 Å². The fraction of sp³-hybridized carbons (Fsp3) is 0.250. The van der Waals surface area contributed by atoms with Gasteiger partial charge in [-0.2, -0.15) is 0 Å². The summed E-state index contributed by atoms with van der Waals surface area (Å²) in [6, 6.07) is 27.7. The molecule has 1 aromatic heterocycles. The predicted molar refractivity (Wildman–Crippen MR) is 132 cm³/mol. The number of aryl methyl sites for hydroxylation is 1. The van der Waals surface area contributed by atoms with Crippen LogP contribution in [0.5, 0.6) is 0 Å². The summed E-state index contributed by atoms with van der Waals surface area (Å²) in [5, 5.41) is 1.21. The van der Waals surface area contributed by atoms with Crippen molar-refractivity contribution in [1.82, 2.24) is 4.57 Å². The second kappa shape index (κ2) is 8.64. The van der Waals surface area contributed by atoms with Gasteiger partial charge in [-0.25, -0.2) is 0 Å². The number of anilines is 1. The molecule has 32 heavy (non-hydrogen) atoms. The second-order valence-corrected chi connectivity index (χ2v) is 8.89. The molecule has 1 aliphatic heterocycles. The minimum Gasteiger partial charge on any atom is -0.340 e. The van der Waals surface area contributed by atoms with Crippen LogP contribution in [0.25, 0.3) is 33.3 Å². The first-order valence-electron chi connectivity index (χ1n) is 11.5. The Morgan fingerprint density at radius 3 is 2.22 bits per heavy atom. The molecule has 0 unspecified atom stereocenters. The number of hydrogen-bond donors (Lipinski definition) is 1. The highest BCUT2D eigenvalue weighted by Gasteiger charge is 2.28. The van der Waals surface area contributed by atoms with Crippen molar-refractivity contribution in [2.75, 3.05) is 32.1 Å². The summed E-state index contributed by atoms with van der Waals surface area (Å²) < 4.78 is 2.39. The molecule has 0 bridgehead atoms. The van der Waals surface area contributed by atoms with E-state index >= 15 is 0 Å². The molecule has 0 spiro atoms. The lowest BCUT2D eigenvalue weighted by atomic mass is 9.98. The van der Waals surface area contributed by atoms with Crippen LogP contribution in [0.15, 0.2) is 78.9 Å². The standard InChI is InChI=1S/C28H29N3O/c1-29(2)18-10-19-30-24-16-9-15-23-26(21-11-5-3-6-12-21)27(22-13-7-4-8-14-22)31(28(23)24)20-17-25(30)32/h3-9,11-16H,10,17-20H2,1-2H3/p+1. The van der Waals surface area contributed by atoms with Gasteiger partial charge in [0.2, 0.25) is 5.91 Å². The van der Waals surface area contributed by atoms with Crippen LogP contribution in [-0.2, 0) is 11.3 Å². The Bertz CT molecular complexity index is 1240. The zero-order valence-corrected chi connectivity index (χ0v) is 18.8. The molecule has 3 aromatic carbocycles. The molecule has 0 aliphatic carbocycles. The average Bonchev–Trinajstić information content (AvgIpc) is 3.08. The SMILES string of the molecule is C[NH+](C)CCCN1C(=O)CCn2c(-c3ccccc3)c(-c3ccccc3)c3cccc1c32. The number of rotatable bonds is 6. The monoisotopic (exact) mass is 424 g/mol. The maximum atomic E-state index is 13.2. The number of hydrogen-bond acceptors (Lipinski definition) is 1. The van der Waals surface area contributed by atoms with Crippen molar-refractivity contribution in [3.63, 3.8) is 0 Å². The largest absolute Gasteiger partial charge is 0.340 e. The van der Waals surface area contributed by atoms with Crippen LogP contribution >= 0.6 is 0 Å². The molecule has 0 saturated carbocycles. The molecule has 4 aromatic rings. The highest BCUT2D eigenvalue weighted by molar-refractivity contribution is 6.12. The van der Waals surface area contributed by atoms with E-state index in [1.54, 1.807) is 0 Å². The first-order chi connectivity index (χ1) is 15.6. The van der Waals surface area contributed by atoms with Crippen LogP contribution in [0.1, 0.15) is 12.8 Å². The Morgan fingerprint density at radius 2 is 1.53 bits per heavy atom. The van der Waals surface area contributed by atoms with Gasteiger partial charge in [0, 0.05) is 36.9 Å². The van der Waals surface area contributed by atoms with Crippen molar-refractivity contribution >= 4 is 22.5 Å². The molecule has 5 rings (SSSR count). The maximum absolute atomic E-state index is 13.2. The van der Waals surface area contributed by atoms with Crippen molar-refractivity contribution in [2.24, 2.45) is 0 Å². The molecule has 0 saturated heterocycles. The van der Waals surface area contributed by atoms with Gasteiger partial charge in [-0.1, -0.05) is 72.8 Å². The minimum atomic E-state index is 0.218. The molecule has 0 atom stereocenters. The smallest absolute Gasteiger partial charge is 0.228 e. The molecule has 162 valence electrons. The molecule has 4 nitrogen and oxygen atoms in total. The highest BCUT2D eigenvalue weighted by Crippen LogP contribution is 2.45. The number of quaternary nitrogens is 1. The van der Waals surface area contributed by atoms with Crippen LogP contribution in [0.4, 0.5) is 5.69 Å². The Labute approximate surface area is 189 Å². The van der Waals surface area contributed by atoms with Gasteiger partial charge in [-0.15, -0.1) is 0 Å². The lowest BCUT2D eigenvalue weighted by Gasteiger charge is -2.22. The van der Waals surface area contributed by atoms with E-state index in [1.807, 2.05) is 4.90 Å². The van der Waals surface area contributed by atoms with Crippen molar-refractivity contribution in [3.05, 3.63) is 78.9 Å². The Morgan fingerprint density at radius 1 is 0.844 bits per heavy atom. The van der Waals surface area contributed by atoms with Gasteiger partial charge in [0.1, 0.15) is 0 Å². The summed E-state index contributed by atoms with van der Waals surface area (Å²) >= 11 is 0. The lowest BCUT2D eigenvalue weighted by Crippen LogP contribution is -3.05. The number of benzene rings is 3. The van der Waals surface area contributed by atoms with Crippen molar-refractivity contribution < 1.29 is 9.69 Å². The number of carbonyl (C=O) groups is 1. The molecule has 1 aliphatic rings. The molecular weight excluding hydrogens is 394 g/mol. The molecule has 0 fully saturated rings. The fourth-order valence-electron chi connectivity index (χ4n) is 4.94. The Balaban J connectivity index is 1.76. The van der Waals surface area contributed by atoms with Gasteiger partial charge in [0.15, 0.2) is 0 Å². The van der Waals surface area contributed by atoms with Gasteiger partial charge in [0.25, 0.3) is 0 Å². The van der Waals surface area contributed by atoms with Crippen LogP contribution in [0.2, 0.25) is 0 Å². The summed E-state index contributed by atoms with van der Waals surface area (Å²) in [5.74, 6) is 0.218. The molecule has 1 N–H and O–H groups in total. The lowest BCUT2D eigenvalue weighted by molar-refractivity contribution is -0.858. The third-order valence-corrected chi connectivity index (χ3v) is 6.37. The Hall–Kier alpha value is -3.37. The third kappa shape index (κ3) is 3.61. The van der Waals surface area contributed by atoms with Crippen LogP contribution in [0.3, 0.4) is 0 Å². The van der Waals surface area contributed by atoms with Crippen molar-refractivity contribution in [3.8, 4) is 22.4 Å². The quantitative estimate of drug-likeness (QED) is 0.493. The molecule has 0 radical (unpaired) electrons. The van der Waals surface area contributed by atoms with Crippen LogP contribution in [-0.4, -0.2) is 37.7 Å². The van der Waals surface area contributed by atoms with E-state index in [0.29, 0.717) is 13.0 Å². The van der Waals surface area contributed by atoms with E-state index in [1.165, 1.54) is 38.2 Å². The molecule has 4 heteroatoms. The third-order valence-electron chi connectivity index (χ3n) is 6.37. The zero-order valence-electron chi connectivity index (χ0n) is 18.8. The summed E-state index contributed by atoms with van der Waals surface area (Å²) in [7, 11) is 4.32. The maximum Gasteiger partial charge on any atom is 0.228 e. The predicted octanol–water partition coefficient (Wildman–Crippen LogP) is 4.25. The van der Waals surface area contributed by atoms with Crippen LogP contribution < -0.4 is 9.80 Å². The summed E-state index contributed by atoms with van der Waals surface area (Å²) in [5.41, 5.74) is 7.06. The first-order valence-corrected chi connectivity index (χ1v) is 11.5. The van der Waals surface area contributed by atoms with Crippen molar-refractivity contribution in [2.45, 2.75) is 19.4 Å². The fourth-order valence-corrected chi connectivity index (χ4v) is 4.94. The summed E-state index contributed by atoms with van der Waals surface area (Å²) in [4.78, 5) is 16.6. The number of nitrogens with zero attached hydrogens (tertiary/aromatic N) is 2. The number of aromatic nitrogens is 1. The first kappa shape index (κ1) is 20.5. The number of para-hydroxylation sites is 1. The van der Waals surface area contributed by atoms with E-state index in [0.717, 1.165) is 25.2 Å². The molecular formula is C28H30N3O+. The second-order valence-electron chi connectivity index (χ2n) is 8.89. The molecule has 2 heterocycles. The van der Waals surface area contributed by atoms with E-state index in [9.17, 15) is 4.79 Å². The van der Waals surface area contributed by atoms with Gasteiger partial charge in [-0.05, 0) is 17.2 Å². The van der Waals surface area contributed by atoms with E-state index < -0.39 is 0 Å². The van der Waals surface area contributed by atoms with E-state index in [2.05, 4.69) is 97.5 Å². The summed E-state index contributed by atoms with van der Waals surface area (Å²) in [6.45, 7) is 2.50. The van der Waals surface area contributed by atoms with Gasteiger partial charge in [0.05, 0.1) is 37.5 Å². The van der Waals surface area contributed by atoms with Gasteiger partial charge >= 0.3 is 0 Å². The number of nitrogens with one attached hydrogen (secondary N) is 1.